The fraction of sp³-hybridized carbons (Fsp3) is 0.417. The van der Waals surface area contributed by atoms with Gasteiger partial charge in [0.25, 0.3) is 0 Å². The van der Waals surface area contributed by atoms with Gasteiger partial charge in [-0.2, -0.15) is 0 Å². The van der Waals surface area contributed by atoms with Crippen molar-refractivity contribution >= 4 is 45.8 Å². The molecule has 6 heteroatoms. The first-order valence-corrected chi connectivity index (χ1v) is 7.33. The number of thioether (sulfide) groups is 1. The van der Waals surface area contributed by atoms with Gasteiger partial charge in [0, 0.05) is 5.75 Å². The summed E-state index contributed by atoms with van der Waals surface area (Å²) in [5.74, 6) is 1.08. The van der Waals surface area contributed by atoms with Crippen LogP contribution >= 0.6 is 35.0 Å². The number of anilines is 1. The number of nitrogens with zero attached hydrogens (tertiary/aromatic N) is 1. The van der Waals surface area contributed by atoms with E-state index in [2.05, 4.69) is 24.2 Å². The van der Waals surface area contributed by atoms with Crippen LogP contribution in [0.15, 0.2) is 17.1 Å². The average Bonchev–Trinajstić information content (AvgIpc) is 2.28. The summed E-state index contributed by atoms with van der Waals surface area (Å²) in [4.78, 5) is 4.52. The molecule has 0 fully saturated rings. The highest BCUT2D eigenvalue weighted by Gasteiger charge is 2.20. The van der Waals surface area contributed by atoms with Crippen molar-refractivity contribution in [2.24, 2.45) is 10.9 Å². The lowest BCUT2D eigenvalue weighted by Crippen LogP contribution is -2.25. The molecule has 1 aliphatic rings. The Labute approximate surface area is 120 Å². The van der Waals surface area contributed by atoms with Crippen molar-refractivity contribution < 1.29 is 4.39 Å². The molecular weight excluding hydrogens is 294 g/mol. The number of halogens is 3. The van der Waals surface area contributed by atoms with E-state index in [0.717, 1.165) is 10.9 Å². The van der Waals surface area contributed by atoms with Crippen molar-refractivity contribution in [3.05, 3.63) is 28.0 Å². The first-order chi connectivity index (χ1) is 8.47. The van der Waals surface area contributed by atoms with Crippen molar-refractivity contribution in [3.63, 3.8) is 0 Å². The molecule has 1 aromatic rings. The van der Waals surface area contributed by atoms with Crippen molar-refractivity contribution in [1.82, 2.24) is 0 Å². The summed E-state index contributed by atoms with van der Waals surface area (Å²) in [6, 6.07) is 2.72. The minimum atomic E-state index is -0.448. The van der Waals surface area contributed by atoms with Crippen molar-refractivity contribution in [2.45, 2.75) is 19.9 Å². The van der Waals surface area contributed by atoms with Gasteiger partial charge in [-0.3, -0.25) is 4.99 Å². The maximum Gasteiger partial charge on any atom is 0.161 e. The summed E-state index contributed by atoms with van der Waals surface area (Å²) in [5, 5.41) is 4.37. The minimum absolute atomic E-state index is 0.256. The zero-order chi connectivity index (χ0) is 13.3. The molecule has 0 bridgehead atoms. The number of rotatable bonds is 1. The van der Waals surface area contributed by atoms with Gasteiger partial charge < -0.3 is 5.32 Å². The molecule has 1 aliphatic heterocycles. The monoisotopic (exact) mass is 306 g/mol. The lowest BCUT2D eigenvalue weighted by molar-refractivity contribution is 0.537. The van der Waals surface area contributed by atoms with Gasteiger partial charge in [-0.15, -0.1) is 0 Å². The van der Waals surface area contributed by atoms with Crippen LogP contribution in [0.3, 0.4) is 0 Å². The fourth-order valence-corrected chi connectivity index (χ4v) is 3.21. The highest BCUT2D eigenvalue weighted by atomic mass is 35.5. The van der Waals surface area contributed by atoms with Gasteiger partial charge in [-0.25, -0.2) is 4.39 Å². The Morgan fingerprint density at radius 3 is 2.50 bits per heavy atom. The Kier molecular flexibility index (Phi) is 4.41. The van der Waals surface area contributed by atoms with Crippen molar-refractivity contribution in [2.75, 3.05) is 11.1 Å². The zero-order valence-electron chi connectivity index (χ0n) is 10.0. The molecule has 0 saturated carbocycles. The zero-order valence-corrected chi connectivity index (χ0v) is 12.3. The van der Waals surface area contributed by atoms with Crippen LogP contribution in [0.4, 0.5) is 10.1 Å². The van der Waals surface area contributed by atoms with Crippen LogP contribution in [-0.4, -0.2) is 17.0 Å². The van der Waals surface area contributed by atoms with Gasteiger partial charge in [0.2, 0.25) is 0 Å². The highest BCUT2D eigenvalue weighted by molar-refractivity contribution is 8.14. The molecule has 0 aliphatic carbocycles. The quantitative estimate of drug-likeness (QED) is 0.815. The van der Waals surface area contributed by atoms with Crippen LogP contribution in [-0.2, 0) is 0 Å². The Morgan fingerprint density at radius 1 is 1.33 bits per heavy atom. The van der Waals surface area contributed by atoms with Crippen LogP contribution in [0.2, 0.25) is 10.0 Å². The number of aliphatic imine (C=N–C) groups is 1. The first-order valence-electron chi connectivity index (χ1n) is 5.59. The van der Waals surface area contributed by atoms with Gasteiger partial charge in [0.1, 0.15) is 5.82 Å². The van der Waals surface area contributed by atoms with E-state index in [9.17, 15) is 4.39 Å². The van der Waals surface area contributed by atoms with Crippen LogP contribution < -0.4 is 5.32 Å². The molecule has 98 valence electrons. The fourth-order valence-electron chi connectivity index (χ4n) is 1.54. The number of benzene rings is 1. The third kappa shape index (κ3) is 3.11. The molecule has 0 saturated heterocycles. The van der Waals surface area contributed by atoms with Crippen LogP contribution in [0.1, 0.15) is 13.8 Å². The molecule has 2 unspecified atom stereocenters. The molecule has 18 heavy (non-hydrogen) atoms. The van der Waals surface area contributed by atoms with Gasteiger partial charge >= 0.3 is 0 Å². The maximum absolute atomic E-state index is 13.1. The second-order valence-electron chi connectivity index (χ2n) is 4.33. The van der Waals surface area contributed by atoms with Gasteiger partial charge in [0.05, 0.1) is 21.8 Å². The standard InChI is InChI=1S/C12H13Cl2FN2S/c1-6-5-18-12(16-7(6)2)17-11-9(13)3-8(15)4-10(11)14/h3-4,6-7H,5H2,1-2H3,(H,16,17). The molecule has 2 atom stereocenters. The van der Waals surface area contributed by atoms with E-state index in [4.69, 9.17) is 23.2 Å². The van der Waals surface area contributed by atoms with E-state index >= 15 is 0 Å². The van der Waals surface area contributed by atoms with Crippen LogP contribution in [0, 0.1) is 11.7 Å². The Morgan fingerprint density at radius 2 is 1.94 bits per heavy atom. The molecule has 1 aromatic carbocycles. The third-order valence-electron chi connectivity index (χ3n) is 2.87. The van der Waals surface area contributed by atoms with Gasteiger partial charge in [-0.05, 0) is 25.0 Å². The molecule has 2 nitrogen and oxygen atoms in total. The Balaban J connectivity index is 2.23. The molecule has 0 amide bonds. The number of hydrogen-bond donors (Lipinski definition) is 1. The number of hydrogen-bond acceptors (Lipinski definition) is 3. The van der Waals surface area contributed by atoms with E-state index in [0.29, 0.717) is 11.6 Å². The summed E-state index contributed by atoms with van der Waals surface area (Å²) in [5.41, 5.74) is 0.507. The maximum atomic E-state index is 13.1. The largest absolute Gasteiger partial charge is 0.333 e. The summed E-state index contributed by atoms with van der Waals surface area (Å²) in [7, 11) is 0. The predicted molar refractivity (Wildman–Crippen MR) is 78.6 cm³/mol. The molecule has 0 aromatic heterocycles. The van der Waals surface area contributed by atoms with E-state index in [-0.39, 0.29) is 16.1 Å². The molecule has 2 rings (SSSR count). The highest BCUT2D eigenvalue weighted by Crippen LogP contribution is 2.33. The minimum Gasteiger partial charge on any atom is -0.333 e. The predicted octanol–water partition coefficient (Wildman–Crippen LogP) is 4.67. The van der Waals surface area contributed by atoms with Gasteiger partial charge in [-0.1, -0.05) is 41.9 Å². The van der Waals surface area contributed by atoms with E-state index < -0.39 is 5.82 Å². The SMILES string of the molecule is CC1CSC(Nc2c(Cl)cc(F)cc2Cl)=NC1C. The average molecular weight is 307 g/mol. The Hall–Kier alpha value is -0.450. The topological polar surface area (TPSA) is 24.4 Å². The summed E-state index contributed by atoms with van der Waals surface area (Å²) < 4.78 is 13.1. The molecule has 0 radical (unpaired) electrons. The van der Waals surface area contributed by atoms with Crippen molar-refractivity contribution in [1.29, 1.82) is 0 Å². The number of nitrogens with one attached hydrogen (secondary N) is 1. The Bertz CT molecular complexity index is 470. The molecule has 0 spiro atoms. The van der Waals surface area contributed by atoms with E-state index in [1.165, 1.54) is 12.1 Å². The normalized spacial score (nSPS) is 23.7. The van der Waals surface area contributed by atoms with Crippen molar-refractivity contribution in [3.8, 4) is 0 Å². The van der Waals surface area contributed by atoms with E-state index in [1.54, 1.807) is 11.8 Å². The first kappa shape index (κ1) is 14.0. The van der Waals surface area contributed by atoms with E-state index in [1.807, 2.05) is 0 Å². The molecule has 1 heterocycles. The van der Waals surface area contributed by atoms with Crippen LogP contribution in [0.25, 0.3) is 0 Å². The summed E-state index contributed by atoms with van der Waals surface area (Å²) in [6.45, 7) is 4.23. The summed E-state index contributed by atoms with van der Waals surface area (Å²) >= 11 is 13.6. The van der Waals surface area contributed by atoms with Crippen LogP contribution in [0.5, 0.6) is 0 Å². The summed E-state index contributed by atoms with van der Waals surface area (Å²) in [6.07, 6.45) is 0. The third-order valence-corrected chi connectivity index (χ3v) is 4.64. The lowest BCUT2D eigenvalue weighted by atomic mass is 10.1. The lowest BCUT2D eigenvalue weighted by Gasteiger charge is -2.24. The second-order valence-corrected chi connectivity index (χ2v) is 6.16. The smallest absolute Gasteiger partial charge is 0.161 e. The molecule has 1 N–H and O–H groups in total. The van der Waals surface area contributed by atoms with Gasteiger partial charge in [0.15, 0.2) is 5.17 Å². The molecular formula is C12H13Cl2FN2S. The second kappa shape index (κ2) is 5.68. The number of amidine groups is 1.